The van der Waals surface area contributed by atoms with E-state index in [1.807, 2.05) is 13.0 Å². The number of ketones is 2. The van der Waals surface area contributed by atoms with Gasteiger partial charge < -0.3 is 0 Å². The Morgan fingerprint density at radius 1 is 1.38 bits per heavy atom. The van der Waals surface area contributed by atoms with Crippen LogP contribution in [0.15, 0.2) is 28.7 Å². The molecule has 3 heteroatoms. The van der Waals surface area contributed by atoms with Gasteiger partial charge >= 0.3 is 0 Å². The van der Waals surface area contributed by atoms with Crippen molar-refractivity contribution < 1.29 is 9.59 Å². The lowest BCUT2D eigenvalue weighted by Crippen LogP contribution is -2.20. The molecule has 2 nitrogen and oxygen atoms in total. The van der Waals surface area contributed by atoms with Gasteiger partial charge in [0, 0.05) is 16.5 Å². The Labute approximate surface area is 104 Å². The van der Waals surface area contributed by atoms with Crippen LogP contribution in [0.3, 0.4) is 0 Å². The van der Waals surface area contributed by atoms with E-state index in [0.717, 1.165) is 10.9 Å². The van der Waals surface area contributed by atoms with Gasteiger partial charge in [-0.05, 0) is 25.5 Å². The quantitative estimate of drug-likeness (QED) is 0.610. The first-order chi connectivity index (χ1) is 7.56. The summed E-state index contributed by atoms with van der Waals surface area (Å²) in [5, 5.41) is 0. The highest BCUT2D eigenvalue weighted by Crippen LogP contribution is 2.16. The third-order valence-electron chi connectivity index (χ3n) is 2.48. The summed E-state index contributed by atoms with van der Waals surface area (Å²) in [6.45, 7) is 3.62. The summed E-state index contributed by atoms with van der Waals surface area (Å²) < 4.78 is 0.855. The number of hydrogen-bond acceptors (Lipinski definition) is 2. The third-order valence-corrected chi connectivity index (χ3v) is 2.98. The Hall–Kier alpha value is -0.960. The molecule has 0 aromatic heterocycles. The van der Waals surface area contributed by atoms with Crippen molar-refractivity contribution >= 4 is 27.5 Å². The fraction of sp³-hybridized carbons (Fsp3) is 0.385. The summed E-state index contributed by atoms with van der Waals surface area (Å²) in [5.74, 6) is -0.610. The number of rotatable bonds is 5. The molecule has 0 fully saturated rings. The molecule has 0 radical (unpaired) electrons. The number of carbonyl (C=O) groups excluding carboxylic acids is 2. The van der Waals surface area contributed by atoms with Crippen molar-refractivity contribution in [3.05, 3.63) is 34.3 Å². The van der Waals surface area contributed by atoms with Crippen molar-refractivity contribution in [2.24, 2.45) is 5.92 Å². The van der Waals surface area contributed by atoms with Crippen molar-refractivity contribution in [1.29, 1.82) is 0 Å². The molecule has 0 amide bonds. The maximum Gasteiger partial charge on any atom is 0.173 e. The lowest BCUT2D eigenvalue weighted by Gasteiger charge is -2.08. The molecule has 0 bridgehead atoms. The van der Waals surface area contributed by atoms with E-state index in [1.54, 1.807) is 25.1 Å². The molecule has 0 aliphatic rings. The second kappa shape index (κ2) is 5.94. The Bertz CT molecular complexity index is 399. The molecular formula is C13H15BrO2. The predicted octanol–water partition coefficient (Wildman–Crippen LogP) is 3.64. The first-order valence-electron chi connectivity index (χ1n) is 5.38. The van der Waals surface area contributed by atoms with Gasteiger partial charge in [-0.25, -0.2) is 0 Å². The van der Waals surface area contributed by atoms with E-state index in [-0.39, 0.29) is 11.6 Å². The van der Waals surface area contributed by atoms with Crippen LogP contribution in [0.2, 0.25) is 0 Å². The maximum atomic E-state index is 12.0. The second-order valence-electron chi connectivity index (χ2n) is 3.81. The highest BCUT2D eigenvalue weighted by Gasteiger charge is 2.21. The van der Waals surface area contributed by atoms with Crippen LogP contribution in [0.1, 0.15) is 37.0 Å². The van der Waals surface area contributed by atoms with Gasteiger partial charge in [0.1, 0.15) is 5.78 Å². The first-order valence-corrected chi connectivity index (χ1v) is 6.18. The molecule has 1 aromatic rings. The van der Waals surface area contributed by atoms with E-state index in [9.17, 15) is 9.59 Å². The fourth-order valence-electron chi connectivity index (χ4n) is 1.50. The van der Waals surface area contributed by atoms with Crippen molar-refractivity contribution in [2.75, 3.05) is 0 Å². The van der Waals surface area contributed by atoms with Crippen molar-refractivity contribution in [2.45, 2.75) is 26.7 Å². The Morgan fingerprint density at radius 3 is 2.62 bits per heavy atom. The van der Waals surface area contributed by atoms with E-state index in [4.69, 9.17) is 0 Å². The minimum atomic E-state index is -0.533. The van der Waals surface area contributed by atoms with Crippen LogP contribution in [0.4, 0.5) is 0 Å². The summed E-state index contributed by atoms with van der Waals surface area (Å²) in [6.07, 6.45) is 1.26. The third kappa shape index (κ3) is 3.27. The average molecular weight is 283 g/mol. The summed E-state index contributed by atoms with van der Waals surface area (Å²) in [5.41, 5.74) is 0.589. The highest BCUT2D eigenvalue weighted by atomic mass is 79.9. The molecule has 86 valence electrons. The fourth-order valence-corrected chi connectivity index (χ4v) is 1.90. The van der Waals surface area contributed by atoms with Gasteiger partial charge in [-0.15, -0.1) is 0 Å². The summed E-state index contributed by atoms with van der Waals surface area (Å²) in [6, 6.07) is 7.14. The Morgan fingerprint density at radius 2 is 2.06 bits per heavy atom. The molecule has 1 rings (SSSR count). The molecule has 0 spiro atoms. The topological polar surface area (TPSA) is 34.1 Å². The van der Waals surface area contributed by atoms with Gasteiger partial charge in [-0.1, -0.05) is 35.0 Å². The number of hydrogen-bond donors (Lipinski definition) is 0. The number of benzene rings is 1. The molecule has 16 heavy (non-hydrogen) atoms. The SMILES string of the molecule is CCCC(=O)C(C)C(=O)c1cccc(Br)c1. The van der Waals surface area contributed by atoms with Crippen molar-refractivity contribution in [3.63, 3.8) is 0 Å². The molecule has 0 aliphatic heterocycles. The van der Waals surface area contributed by atoms with E-state index >= 15 is 0 Å². The Kier molecular flexibility index (Phi) is 4.87. The van der Waals surface area contributed by atoms with E-state index in [2.05, 4.69) is 15.9 Å². The lowest BCUT2D eigenvalue weighted by molar-refractivity contribution is -0.121. The molecular weight excluding hydrogens is 268 g/mol. The predicted molar refractivity (Wildman–Crippen MR) is 67.6 cm³/mol. The van der Waals surface area contributed by atoms with Crippen LogP contribution in [-0.4, -0.2) is 11.6 Å². The van der Waals surface area contributed by atoms with Crippen LogP contribution < -0.4 is 0 Å². The molecule has 0 saturated carbocycles. The normalized spacial score (nSPS) is 12.2. The standard InChI is InChI=1S/C13H15BrO2/c1-3-5-12(15)9(2)13(16)10-6-4-7-11(14)8-10/h4,6-9H,3,5H2,1-2H3. The van der Waals surface area contributed by atoms with Crippen LogP contribution in [0.5, 0.6) is 0 Å². The summed E-state index contributed by atoms with van der Waals surface area (Å²) in [4.78, 5) is 23.6. The minimum Gasteiger partial charge on any atom is -0.299 e. The lowest BCUT2D eigenvalue weighted by atomic mass is 9.93. The van der Waals surface area contributed by atoms with Gasteiger partial charge in [0.2, 0.25) is 0 Å². The molecule has 0 saturated heterocycles. The van der Waals surface area contributed by atoms with Gasteiger partial charge in [0.05, 0.1) is 5.92 Å². The first kappa shape index (κ1) is 13.1. The molecule has 1 unspecified atom stereocenters. The summed E-state index contributed by atoms with van der Waals surface area (Å²) in [7, 11) is 0. The molecule has 0 N–H and O–H groups in total. The number of carbonyl (C=O) groups is 2. The zero-order valence-electron chi connectivity index (χ0n) is 9.50. The Balaban J connectivity index is 2.82. The van der Waals surface area contributed by atoms with E-state index in [1.165, 1.54) is 0 Å². The van der Waals surface area contributed by atoms with Gasteiger partial charge in [-0.3, -0.25) is 9.59 Å². The zero-order valence-corrected chi connectivity index (χ0v) is 11.1. The van der Waals surface area contributed by atoms with Crippen LogP contribution >= 0.6 is 15.9 Å². The van der Waals surface area contributed by atoms with Crippen LogP contribution in [0.25, 0.3) is 0 Å². The van der Waals surface area contributed by atoms with E-state index < -0.39 is 5.92 Å². The molecule has 0 heterocycles. The maximum absolute atomic E-state index is 12.0. The number of Topliss-reactive ketones (excluding diaryl/α,β-unsaturated/α-hetero) is 2. The van der Waals surface area contributed by atoms with Gasteiger partial charge in [0.25, 0.3) is 0 Å². The van der Waals surface area contributed by atoms with Crippen molar-refractivity contribution in [1.82, 2.24) is 0 Å². The molecule has 0 aliphatic carbocycles. The largest absolute Gasteiger partial charge is 0.299 e. The van der Waals surface area contributed by atoms with Crippen molar-refractivity contribution in [3.8, 4) is 0 Å². The second-order valence-corrected chi connectivity index (χ2v) is 4.73. The van der Waals surface area contributed by atoms with Crippen LogP contribution in [0, 0.1) is 5.92 Å². The molecule has 1 atom stereocenters. The highest BCUT2D eigenvalue weighted by molar-refractivity contribution is 9.10. The monoisotopic (exact) mass is 282 g/mol. The van der Waals surface area contributed by atoms with E-state index in [0.29, 0.717) is 12.0 Å². The smallest absolute Gasteiger partial charge is 0.173 e. The molecule has 1 aromatic carbocycles. The van der Waals surface area contributed by atoms with Gasteiger partial charge in [0.15, 0.2) is 5.78 Å². The number of halogens is 1. The van der Waals surface area contributed by atoms with Crippen LogP contribution in [-0.2, 0) is 4.79 Å². The van der Waals surface area contributed by atoms with Gasteiger partial charge in [-0.2, -0.15) is 0 Å². The average Bonchev–Trinajstić information content (AvgIpc) is 2.27. The summed E-state index contributed by atoms with van der Waals surface area (Å²) >= 11 is 3.31. The minimum absolute atomic E-state index is 0.0208. The zero-order chi connectivity index (χ0) is 12.1.